The number of fused-ring (bicyclic) bond motifs is 1. The van der Waals surface area contributed by atoms with Crippen molar-refractivity contribution >= 4 is 23.9 Å². The average molecular weight is 264 g/mol. The van der Waals surface area contributed by atoms with Crippen LogP contribution in [0.1, 0.15) is 29.1 Å². The van der Waals surface area contributed by atoms with Gasteiger partial charge in [-0.3, -0.25) is 0 Å². The highest BCUT2D eigenvalue weighted by molar-refractivity contribution is 5.89. The molecule has 0 fully saturated rings. The number of hydrogen-bond acceptors (Lipinski definition) is 4. The molecule has 104 valence electrons. The van der Waals surface area contributed by atoms with Crippen molar-refractivity contribution in [3.8, 4) is 0 Å². The minimum Gasteiger partial charge on any atom is -0.652 e. The highest BCUT2D eigenvalue weighted by Crippen LogP contribution is 2.41. The first-order valence-electron chi connectivity index (χ1n) is 6.23. The molecule has 1 aromatic carbocycles. The zero-order valence-electron chi connectivity index (χ0n) is 12.7. The highest BCUT2D eigenvalue weighted by atomic mass is 16.6. The number of carbonyl (C=O) groups is 1. The molecule has 0 aliphatic carbocycles. The van der Waals surface area contributed by atoms with E-state index in [2.05, 4.69) is 63.3 Å². The second-order valence-corrected chi connectivity index (χ2v) is 5.01. The Hall–Kier alpha value is -1.88. The van der Waals surface area contributed by atoms with Gasteiger partial charge in [-0.1, -0.05) is 12.1 Å². The summed E-state index contributed by atoms with van der Waals surface area (Å²) in [5.74, 6) is 0. The number of aliphatic imine (C=N–C) groups is 1. The lowest BCUT2D eigenvalue weighted by molar-refractivity contribution is -0.415. The van der Waals surface area contributed by atoms with Gasteiger partial charge < -0.3 is 15.0 Å². The highest BCUT2D eigenvalue weighted by Gasteiger charge is 2.41. The summed E-state index contributed by atoms with van der Waals surface area (Å²) in [5.41, 5.74) is 2.46. The summed E-state index contributed by atoms with van der Waals surface area (Å²) in [4.78, 5) is 12.9. The Morgan fingerprint density at radius 1 is 1.16 bits per heavy atom. The summed E-state index contributed by atoms with van der Waals surface area (Å²) in [6.45, 7) is 9.03. The fraction of sp³-hybridized carbons (Fsp3) is 0.429. The average Bonchev–Trinajstić information content (AvgIpc) is 2.68. The predicted octanol–water partition coefficient (Wildman–Crippen LogP) is 1.15. The number of quaternary nitrogens is 1. The fourth-order valence-corrected chi connectivity index (χ4v) is 2.54. The van der Waals surface area contributed by atoms with Crippen molar-refractivity contribution in [1.82, 2.24) is 4.48 Å². The Kier molecular flexibility index (Phi) is 4.67. The van der Waals surface area contributed by atoms with Crippen molar-refractivity contribution in [1.29, 1.82) is 0 Å². The van der Waals surface area contributed by atoms with Crippen LogP contribution >= 0.6 is 0 Å². The van der Waals surface area contributed by atoms with Gasteiger partial charge in [-0.15, -0.1) is 0 Å². The molecule has 5 nitrogen and oxygen atoms in total. The molecular formula is C14H20N2O3. The molecule has 0 bridgehead atoms. The third kappa shape index (κ3) is 2.93. The van der Waals surface area contributed by atoms with Crippen molar-refractivity contribution < 1.29 is 16.4 Å². The van der Waals surface area contributed by atoms with E-state index in [9.17, 15) is 0 Å². The molecule has 0 radical (unpaired) electrons. The smallest absolute Gasteiger partial charge is 0.652 e. The van der Waals surface area contributed by atoms with Crippen LogP contribution in [0, 0.1) is 0 Å². The van der Waals surface area contributed by atoms with E-state index in [1.54, 1.807) is 0 Å². The minimum atomic E-state index is -2.33. The van der Waals surface area contributed by atoms with Crippen LogP contribution in [-0.2, 0) is 0 Å². The lowest BCUT2D eigenvalue weighted by atomic mass is 10.1. The van der Waals surface area contributed by atoms with Crippen LogP contribution < -0.4 is 14.7 Å². The van der Waals surface area contributed by atoms with E-state index in [1.165, 1.54) is 5.69 Å². The number of hydrogen-bond donors (Lipinski definition) is 0. The van der Waals surface area contributed by atoms with Crippen molar-refractivity contribution in [3.05, 3.63) is 24.3 Å². The van der Waals surface area contributed by atoms with Crippen LogP contribution in [-0.4, -0.2) is 24.6 Å². The van der Waals surface area contributed by atoms with Crippen molar-refractivity contribution in [2.24, 2.45) is 4.99 Å². The maximum absolute atomic E-state index is 8.33. The van der Waals surface area contributed by atoms with E-state index >= 15 is 0 Å². The van der Waals surface area contributed by atoms with Crippen LogP contribution in [0.4, 0.5) is 16.2 Å². The summed E-state index contributed by atoms with van der Waals surface area (Å²) in [5, 5.41) is 16.7. The quantitative estimate of drug-likeness (QED) is 0.752. The maximum atomic E-state index is 8.33. The largest absolute Gasteiger partial charge is 1.00 e. The van der Waals surface area contributed by atoms with E-state index < -0.39 is 6.16 Å². The molecule has 1 heterocycles. The third-order valence-corrected chi connectivity index (χ3v) is 3.40. The molecule has 0 saturated carbocycles. The Morgan fingerprint density at radius 2 is 1.63 bits per heavy atom. The van der Waals surface area contributed by atoms with Gasteiger partial charge in [0.05, 0.1) is 12.1 Å². The van der Waals surface area contributed by atoms with Crippen molar-refractivity contribution in [2.75, 3.05) is 0 Å². The topological polar surface area (TPSA) is 75.5 Å². The molecule has 0 spiro atoms. The number of nitrogens with zero attached hydrogens (tertiary/aromatic N) is 2. The van der Waals surface area contributed by atoms with Crippen molar-refractivity contribution in [3.63, 3.8) is 0 Å². The molecule has 0 unspecified atom stereocenters. The molecule has 0 atom stereocenters. The van der Waals surface area contributed by atoms with E-state index in [1.807, 2.05) is 0 Å². The Bertz CT molecular complexity index is 475. The molecule has 0 aromatic heterocycles. The number of carboxylic acid groups (broad SMARTS) is 2. The number of para-hydroxylation sites is 2. The zero-order chi connectivity index (χ0) is 14.6. The summed E-state index contributed by atoms with van der Waals surface area (Å²) in [7, 11) is 0. The number of benzene rings is 1. The summed E-state index contributed by atoms with van der Waals surface area (Å²) < 4.78 is 0.871. The van der Waals surface area contributed by atoms with E-state index in [4.69, 9.17) is 15.0 Å². The van der Waals surface area contributed by atoms with Crippen LogP contribution in [0.3, 0.4) is 0 Å². The number of rotatable bonds is 2. The van der Waals surface area contributed by atoms with Gasteiger partial charge in [0.15, 0.2) is 12.0 Å². The summed E-state index contributed by atoms with van der Waals surface area (Å²) in [6, 6.07) is 9.50. The van der Waals surface area contributed by atoms with Gasteiger partial charge in [0.2, 0.25) is 0 Å². The number of carbonyl (C=O) groups excluding carboxylic acids is 1. The molecule has 5 heteroatoms. The Morgan fingerprint density at radius 3 is 2.11 bits per heavy atom. The van der Waals surface area contributed by atoms with E-state index in [-0.39, 0.29) is 1.43 Å². The second kappa shape index (κ2) is 5.84. The van der Waals surface area contributed by atoms with Crippen LogP contribution in [0.5, 0.6) is 0 Å². The monoisotopic (exact) mass is 264 g/mol. The minimum absolute atomic E-state index is 0. The molecule has 1 aliphatic rings. The third-order valence-electron chi connectivity index (χ3n) is 3.40. The van der Waals surface area contributed by atoms with Gasteiger partial charge in [-0.2, -0.15) is 4.99 Å². The van der Waals surface area contributed by atoms with Gasteiger partial charge in [0, 0.05) is 6.07 Å². The van der Waals surface area contributed by atoms with E-state index in [0.29, 0.717) is 12.1 Å². The molecule has 0 N–H and O–H groups in total. The molecule has 1 aromatic rings. The van der Waals surface area contributed by atoms with Gasteiger partial charge >= 0.3 is 1.43 Å². The zero-order valence-corrected chi connectivity index (χ0v) is 11.7. The van der Waals surface area contributed by atoms with Gasteiger partial charge in [-0.05, 0) is 39.9 Å². The lowest BCUT2D eigenvalue weighted by Crippen LogP contribution is -2.56. The SMILES string of the molecule is CC(C)[N+]1(C(C)C)C=Nc2ccccc21.O=C([O-])[O-].[H+]. The fourth-order valence-electron chi connectivity index (χ4n) is 2.54. The predicted molar refractivity (Wildman–Crippen MR) is 73.2 cm³/mol. The van der Waals surface area contributed by atoms with Gasteiger partial charge in [0.25, 0.3) is 0 Å². The maximum Gasteiger partial charge on any atom is 1.00 e. The molecule has 19 heavy (non-hydrogen) atoms. The molecule has 1 aliphatic heterocycles. The van der Waals surface area contributed by atoms with Crippen LogP contribution in [0.25, 0.3) is 0 Å². The van der Waals surface area contributed by atoms with E-state index in [0.717, 1.165) is 10.2 Å². The van der Waals surface area contributed by atoms with Gasteiger partial charge in [-0.25, -0.2) is 4.48 Å². The lowest BCUT2D eigenvalue weighted by Gasteiger charge is -2.38. The molecule has 2 rings (SSSR count). The first-order valence-corrected chi connectivity index (χ1v) is 6.23. The summed E-state index contributed by atoms with van der Waals surface area (Å²) in [6.07, 6.45) is -0.236. The molecular weight excluding hydrogens is 244 g/mol. The normalized spacial score (nSPS) is 15.1. The van der Waals surface area contributed by atoms with Crippen LogP contribution in [0.15, 0.2) is 29.3 Å². The molecule has 0 saturated heterocycles. The summed E-state index contributed by atoms with van der Waals surface area (Å²) >= 11 is 0. The van der Waals surface area contributed by atoms with Gasteiger partial charge in [0.1, 0.15) is 5.69 Å². The first-order chi connectivity index (χ1) is 8.82. The first kappa shape index (κ1) is 15.2. The Labute approximate surface area is 114 Å². The van der Waals surface area contributed by atoms with Crippen LogP contribution in [0.2, 0.25) is 0 Å². The standard InChI is InChI=1S/C13H19N2.CH2O3/c1-10(2)15(11(3)4)9-14-12-7-5-6-8-13(12)15;2-1(3)4/h5-11H,1-4H3;(H2,2,3,4)/q+1;/p-1. The molecule has 0 amide bonds. The Balaban J connectivity index is 0.000000644. The second-order valence-electron chi connectivity index (χ2n) is 5.01. The van der Waals surface area contributed by atoms with Crippen molar-refractivity contribution in [2.45, 2.75) is 39.8 Å².